The van der Waals surface area contributed by atoms with Crippen LogP contribution in [0.25, 0.3) is 0 Å². The number of anilines is 2. The van der Waals surface area contributed by atoms with E-state index in [9.17, 15) is 0 Å². The van der Waals surface area contributed by atoms with Gasteiger partial charge in [0.1, 0.15) is 0 Å². The number of nitrogens with zero attached hydrogens (tertiary/aromatic N) is 5. The van der Waals surface area contributed by atoms with Crippen LogP contribution in [-0.2, 0) is 0 Å². The predicted octanol–water partition coefficient (Wildman–Crippen LogP) is 3.32. The first-order valence-corrected chi connectivity index (χ1v) is 8.35. The Morgan fingerprint density at radius 2 is 1.19 bits per heavy atom. The zero-order valence-corrected chi connectivity index (χ0v) is 15.6. The van der Waals surface area contributed by atoms with E-state index in [4.69, 9.17) is 10.5 Å². The standard InChI is InChI=1S/C21H23N5/c1-25(2)19-9-5-17(6-10-19)21(24-15-16(13-22)14-23)18-7-11-20(12-8-18)26(3)4/h5-12,16H,15H2,1-4H3. The second-order valence-electron chi connectivity index (χ2n) is 6.38. The van der Waals surface area contributed by atoms with Crippen LogP contribution in [0.4, 0.5) is 11.4 Å². The molecule has 0 unspecified atom stereocenters. The second-order valence-corrected chi connectivity index (χ2v) is 6.38. The Bertz CT molecular complexity index is 766. The number of aliphatic imine (C=N–C) groups is 1. The highest BCUT2D eigenvalue weighted by atomic mass is 15.1. The Morgan fingerprint density at radius 1 is 0.808 bits per heavy atom. The van der Waals surface area contributed by atoms with Gasteiger partial charge in [0.05, 0.1) is 24.4 Å². The molecule has 0 saturated carbocycles. The molecule has 0 spiro atoms. The minimum atomic E-state index is -0.743. The molecule has 0 aliphatic heterocycles. The fourth-order valence-corrected chi connectivity index (χ4v) is 2.48. The Morgan fingerprint density at radius 3 is 1.50 bits per heavy atom. The molecule has 0 bridgehead atoms. The topological polar surface area (TPSA) is 66.4 Å². The third-order valence-electron chi connectivity index (χ3n) is 4.06. The first-order chi connectivity index (χ1) is 12.5. The monoisotopic (exact) mass is 345 g/mol. The molecular formula is C21H23N5. The lowest BCUT2D eigenvalue weighted by atomic mass is 10.0. The Labute approximate surface area is 155 Å². The van der Waals surface area contributed by atoms with E-state index in [2.05, 4.69) is 4.99 Å². The highest BCUT2D eigenvalue weighted by molar-refractivity contribution is 6.13. The number of benzene rings is 2. The highest BCUT2D eigenvalue weighted by Crippen LogP contribution is 2.19. The quantitative estimate of drug-likeness (QED) is 0.753. The van der Waals surface area contributed by atoms with Gasteiger partial charge in [0.2, 0.25) is 0 Å². The van der Waals surface area contributed by atoms with Gasteiger partial charge in [-0.15, -0.1) is 0 Å². The molecule has 0 aromatic heterocycles. The van der Waals surface area contributed by atoms with Gasteiger partial charge in [-0.1, -0.05) is 24.3 Å². The molecule has 0 N–H and O–H groups in total. The fourth-order valence-electron chi connectivity index (χ4n) is 2.48. The van der Waals surface area contributed by atoms with Gasteiger partial charge in [-0.3, -0.25) is 4.99 Å². The van der Waals surface area contributed by atoms with Gasteiger partial charge in [-0.05, 0) is 24.3 Å². The highest BCUT2D eigenvalue weighted by Gasteiger charge is 2.11. The summed E-state index contributed by atoms with van der Waals surface area (Å²) >= 11 is 0. The normalized spacial score (nSPS) is 9.96. The van der Waals surface area contributed by atoms with Crippen LogP contribution in [0.3, 0.4) is 0 Å². The molecule has 132 valence electrons. The van der Waals surface area contributed by atoms with Crippen molar-refractivity contribution in [3.05, 3.63) is 59.7 Å². The van der Waals surface area contributed by atoms with Crippen molar-refractivity contribution in [1.29, 1.82) is 10.5 Å². The molecule has 0 radical (unpaired) electrons. The molecule has 0 aliphatic rings. The maximum Gasteiger partial charge on any atom is 0.152 e. The van der Waals surface area contributed by atoms with E-state index >= 15 is 0 Å². The molecule has 0 aliphatic carbocycles. The van der Waals surface area contributed by atoms with Crippen molar-refractivity contribution >= 4 is 17.1 Å². The van der Waals surface area contributed by atoms with Crippen molar-refractivity contribution in [2.75, 3.05) is 44.5 Å². The van der Waals surface area contributed by atoms with Crippen LogP contribution in [0, 0.1) is 28.6 Å². The van der Waals surface area contributed by atoms with Gasteiger partial charge in [0.15, 0.2) is 5.92 Å². The van der Waals surface area contributed by atoms with E-state index in [1.807, 2.05) is 98.7 Å². The zero-order chi connectivity index (χ0) is 19.1. The van der Waals surface area contributed by atoms with Gasteiger partial charge in [-0.25, -0.2) is 0 Å². The largest absolute Gasteiger partial charge is 0.378 e. The second kappa shape index (κ2) is 8.69. The Balaban J connectivity index is 2.43. The van der Waals surface area contributed by atoms with E-state index in [-0.39, 0.29) is 6.54 Å². The number of rotatable bonds is 6. The summed E-state index contributed by atoms with van der Waals surface area (Å²) in [6.07, 6.45) is 0. The third-order valence-corrected chi connectivity index (χ3v) is 4.06. The lowest BCUT2D eigenvalue weighted by Crippen LogP contribution is -2.11. The minimum absolute atomic E-state index is 0.160. The molecule has 0 atom stereocenters. The molecule has 2 aromatic carbocycles. The maximum absolute atomic E-state index is 9.02. The molecule has 5 nitrogen and oxygen atoms in total. The van der Waals surface area contributed by atoms with Gasteiger partial charge in [-0.2, -0.15) is 10.5 Å². The number of hydrogen-bond donors (Lipinski definition) is 0. The van der Waals surface area contributed by atoms with Crippen molar-refractivity contribution in [3.8, 4) is 12.1 Å². The summed E-state index contributed by atoms with van der Waals surface area (Å²) in [7, 11) is 7.98. The molecule has 26 heavy (non-hydrogen) atoms. The van der Waals surface area contributed by atoms with E-state index in [0.717, 1.165) is 28.2 Å². The molecule has 0 heterocycles. The van der Waals surface area contributed by atoms with Crippen LogP contribution < -0.4 is 9.80 Å². The fraction of sp³-hybridized carbons (Fsp3) is 0.286. The van der Waals surface area contributed by atoms with E-state index in [1.165, 1.54) is 0 Å². The van der Waals surface area contributed by atoms with E-state index in [1.54, 1.807) is 0 Å². The van der Waals surface area contributed by atoms with Crippen molar-refractivity contribution < 1.29 is 0 Å². The van der Waals surface area contributed by atoms with Crippen molar-refractivity contribution in [3.63, 3.8) is 0 Å². The number of nitriles is 2. The first kappa shape index (κ1) is 19.0. The summed E-state index contributed by atoms with van der Waals surface area (Å²) in [5.41, 5.74) is 4.91. The van der Waals surface area contributed by atoms with E-state index < -0.39 is 5.92 Å². The Hall–Kier alpha value is -3.31. The first-order valence-electron chi connectivity index (χ1n) is 8.35. The van der Waals surface area contributed by atoms with Gasteiger partial charge < -0.3 is 9.80 Å². The maximum atomic E-state index is 9.02. The summed E-state index contributed by atoms with van der Waals surface area (Å²) in [4.78, 5) is 8.67. The summed E-state index contributed by atoms with van der Waals surface area (Å²) < 4.78 is 0. The van der Waals surface area contributed by atoms with Crippen LogP contribution in [0.1, 0.15) is 11.1 Å². The van der Waals surface area contributed by atoms with Crippen LogP contribution in [0.2, 0.25) is 0 Å². The SMILES string of the molecule is CN(C)c1ccc(C(=NCC(C#N)C#N)c2ccc(N(C)C)cc2)cc1. The van der Waals surface area contributed by atoms with Gasteiger partial charge >= 0.3 is 0 Å². The molecule has 2 rings (SSSR count). The van der Waals surface area contributed by atoms with Gasteiger partial charge in [0, 0.05) is 50.7 Å². The van der Waals surface area contributed by atoms with Crippen LogP contribution in [0.15, 0.2) is 53.5 Å². The van der Waals surface area contributed by atoms with Crippen molar-refractivity contribution in [1.82, 2.24) is 0 Å². The summed E-state index contributed by atoms with van der Waals surface area (Å²) in [5, 5.41) is 18.0. The van der Waals surface area contributed by atoms with E-state index in [0.29, 0.717) is 0 Å². The summed E-state index contributed by atoms with van der Waals surface area (Å²) in [6.45, 7) is 0.160. The molecule has 2 aromatic rings. The lowest BCUT2D eigenvalue weighted by molar-refractivity contribution is 0.849. The average molecular weight is 345 g/mol. The Kier molecular flexibility index (Phi) is 6.36. The molecule has 0 saturated heterocycles. The van der Waals surface area contributed by atoms with Crippen LogP contribution >= 0.6 is 0 Å². The molecule has 0 amide bonds. The lowest BCUT2D eigenvalue weighted by Gasteiger charge is -2.15. The predicted molar refractivity (Wildman–Crippen MR) is 107 cm³/mol. The van der Waals surface area contributed by atoms with Crippen molar-refractivity contribution in [2.24, 2.45) is 10.9 Å². The van der Waals surface area contributed by atoms with Gasteiger partial charge in [0.25, 0.3) is 0 Å². The minimum Gasteiger partial charge on any atom is -0.378 e. The third kappa shape index (κ3) is 4.62. The summed E-state index contributed by atoms with van der Waals surface area (Å²) in [6, 6.07) is 20.1. The molecular weight excluding hydrogens is 322 g/mol. The molecule has 0 fully saturated rings. The van der Waals surface area contributed by atoms with Crippen LogP contribution in [-0.4, -0.2) is 40.4 Å². The summed E-state index contributed by atoms with van der Waals surface area (Å²) in [5.74, 6) is -0.743. The smallest absolute Gasteiger partial charge is 0.152 e. The average Bonchev–Trinajstić information content (AvgIpc) is 2.66. The molecule has 5 heteroatoms. The zero-order valence-electron chi connectivity index (χ0n) is 15.6. The van der Waals surface area contributed by atoms with Crippen LogP contribution in [0.5, 0.6) is 0 Å². The van der Waals surface area contributed by atoms with Crippen molar-refractivity contribution in [2.45, 2.75) is 0 Å². The number of hydrogen-bond acceptors (Lipinski definition) is 5.